The van der Waals surface area contributed by atoms with Gasteiger partial charge in [0.2, 0.25) is 10.0 Å². The molecule has 0 amide bonds. The summed E-state index contributed by atoms with van der Waals surface area (Å²) in [5.41, 5.74) is 6.12. The normalized spacial score (nSPS) is 18.6. The van der Waals surface area contributed by atoms with Gasteiger partial charge in [0, 0.05) is 18.8 Å². The molecule has 0 radical (unpaired) electrons. The Balaban J connectivity index is 2.05. The summed E-state index contributed by atoms with van der Waals surface area (Å²) in [6.45, 7) is 2.14. The molecule has 0 aromatic carbocycles. The largest absolute Gasteiger partial charge is 0.325 e. The number of pyridine rings is 1. The number of nitrogens with two attached hydrogens (primary N) is 1. The molecule has 2 heterocycles. The van der Waals surface area contributed by atoms with Gasteiger partial charge in [-0.05, 0) is 45.1 Å². The van der Waals surface area contributed by atoms with Crippen LogP contribution in [0.5, 0.6) is 0 Å². The molecule has 19 heavy (non-hydrogen) atoms. The number of aromatic nitrogens is 1. The van der Waals surface area contributed by atoms with Crippen molar-refractivity contribution in [3.63, 3.8) is 0 Å². The van der Waals surface area contributed by atoms with Crippen LogP contribution in [0.3, 0.4) is 0 Å². The number of likely N-dealkylation sites (tertiary alicyclic amines) is 1. The molecule has 1 aliphatic heterocycles. The summed E-state index contributed by atoms with van der Waals surface area (Å²) < 4.78 is 27.1. The molecule has 6 nitrogen and oxygen atoms in total. The van der Waals surface area contributed by atoms with Crippen LogP contribution in [0.2, 0.25) is 0 Å². The van der Waals surface area contributed by atoms with Crippen LogP contribution >= 0.6 is 0 Å². The Morgan fingerprint density at radius 3 is 2.63 bits per heavy atom. The molecular weight excluding hydrogens is 264 g/mol. The third-order valence-corrected chi connectivity index (χ3v) is 4.86. The second kappa shape index (κ2) is 5.96. The van der Waals surface area contributed by atoms with Crippen LogP contribution in [0.15, 0.2) is 23.2 Å². The van der Waals surface area contributed by atoms with E-state index < -0.39 is 10.0 Å². The summed E-state index contributed by atoms with van der Waals surface area (Å²) in [4.78, 5) is 6.41. The minimum absolute atomic E-state index is 0.00962. The Bertz CT molecular complexity index is 507. The maximum atomic E-state index is 12.2. The third-order valence-electron chi connectivity index (χ3n) is 3.36. The minimum Gasteiger partial charge on any atom is -0.325 e. The number of hydrogen-bond acceptors (Lipinski definition) is 5. The first kappa shape index (κ1) is 14.4. The van der Waals surface area contributed by atoms with Gasteiger partial charge >= 0.3 is 0 Å². The van der Waals surface area contributed by atoms with Gasteiger partial charge in [0.1, 0.15) is 4.90 Å². The molecule has 1 aromatic heterocycles. The van der Waals surface area contributed by atoms with E-state index in [1.54, 1.807) is 12.1 Å². The predicted octanol–water partition coefficient (Wildman–Crippen LogP) is -0.0872. The van der Waals surface area contributed by atoms with Crippen LogP contribution in [0.1, 0.15) is 18.5 Å². The summed E-state index contributed by atoms with van der Waals surface area (Å²) in [6.07, 6.45) is 3.04. The topological polar surface area (TPSA) is 88.3 Å². The standard InChI is InChI=1S/C12H20N4O2S/c1-16-6-4-10(5-7-16)15-19(17,18)12-3-2-11(8-13)14-9-12/h2-3,9-10,15H,4-8,13H2,1H3. The summed E-state index contributed by atoms with van der Waals surface area (Å²) in [5.74, 6) is 0. The molecule has 0 atom stereocenters. The molecule has 1 saturated heterocycles. The van der Waals surface area contributed by atoms with Crippen LogP contribution < -0.4 is 10.5 Å². The van der Waals surface area contributed by atoms with Crippen LogP contribution in [-0.4, -0.2) is 44.5 Å². The van der Waals surface area contributed by atoms with E-state index in [0.717, 1.165) is 25.9 Å². The lowest BCUT2D eigenvalue weighted by atomic mass is 10.1. The first-order valence-electron chi connectivity index (χ1n) is 6.37. The maximum absolute atomic E-state index is 12.2. The van der Waals surface area contributed by atoms with Crippen molar-refractivity contribution in [3.05, 3.63) is 24.0 Å². The van der Waals surface area contributed by atoms with Crippen molar-refractivity contribution in [1.29, 1.82) is 0 Å². The Labute approximate surface area is 114 Å². The van der Waals surface area contributed by atoms with Crippen molar-refractivity contribution < 1.29 is 8.42 Å². The molecular formula is C12H20N4O2S. The van der Waals surface area contributed by atoms with E-state index in [-0.39, 0.29) is 10.9 Å². The molecule has 0 unspecified atom stereocenters. The molecule has 0 spiro atoms. The lowest BCUT2D eigenvalue weighted by Crippen LogP contribution is -2.43. The number of rotatable bonds is 4. The lowest BCUT2D eigenvalue weighted by Gasteiger charge is -2.29. The average Bonchev–Trinajstić information content (AvgIpc) is 2.41. The van der Waals surface area contributed by atoms with Gasteiger partial charge in [-0.2, -0.15) is 0 Å². The molecule has 0 saturated carbocycles. The molecule has 7 heteroatoms. The van der Waals surface area contributed by atoms with Crippen LogP contribution in [0, 0.1) is 0 Å². The van der Waals surface area contributed by atoms with E-state index in [9.17, 15) is 8.42 Å². The van der Waals surface area contributed by atoms with Gasteiger partial charge < -0.3 is 10.6 Å². The highest BCUT2D eigenvalue weighted by atomic mass is 32.2. The first-order valence-corrected chi connectivity index (χ1v) is 7.85. The fourth-order valence-corrected chi connectivity index (χ4v) is 3.35. The van der Waals surface area contributed by atoms with E-state index in [1.807, 2.05) is 7.05 Å². The second-order valence-corrected chi connectivity index (χ2v) is 6.60. The first-order chi connectivity index (χ1) is 9.01. The third kappa shape index (κ3) is 3.73. The summed E-state index contributed by atoms with van der Waals surface area (Å²) in [7, 11) is -1.43. The molecule has 1 aliphatic rings. The number of nitrogens with one attached hydrogen (secondary N) is 1. The van der Waals surface area contributed by atoms with Crippen molar-refractivity contribution in [1.82, 2.24) is 14.6 Å². The number of piperidine rings is 1. The SMILES string of the molecule is CN1CCC(NS(=O)(=O)c2ccc(CN)nc2)CC1. The lowest BCUT2D eigenvalue weighted by molar-refractivity contribution is 0.248. The highest BCUT2D eigenvalue weighted by molar-refractivity contribution is 7.89. The van der Waals surface area contributed by atoms with E-state index in [2.05, 4.69) is 14.6 Å². The second-order valence-electron chi connectivity index (χ2n) is 4.89. The fourth-order valence-electron chi connectivity index (χ4n) is 2.10. The highest BCUT2D eigenvalue weighted by Crippen LogP contribution is 2.13. The zero-order valence-corrected chi connectivity index (χ0v) is 11.9. The van der Waals surface area contributed by atoms with Gasteiger partial charge in [-0.1, -0.05) is 0 Å². The smallest absolute Gasteiger partial charge is 0.242 e. The van der Waals surface area contributed by atoms with Gasteiger partial charge in [0.05, 0.1) is 5.69 Å². The van der Waals surface area contributed by atoms with Gasteiger partial charge in [0.15, 0.2) is 0 Å². The van der Waals surface area contributed by atoms with Crippen molar-refractivity contribution in [2.24, 2.45) is 5.73 Å². The van der Waals surface area contributed by atoms with Gasteiger partial charge in [-0.25, -0.2) is 13.1 Å². The zero-order valence-electron chi connectivity index (χ0n) is 11.0. The van der Waals surface area contributed by atoms with Crippen molar-refractivity contribution in [2.75, 3.05) is 20.1 Å². The quantitative estimate of drug-likeness (QED) is 0.807. The molecule has 0 aliphatic carbocycles. The zero-order chi connectivity index (χ0) is 13.9. The summed E-state index contributed by atoms with van der Waals surface area (Å²) >= 11 is 0. The number of sulfonamides is 1. The molecule has 1 fully saturated rings. The minimum atomic E-state index is -3.47. The van der Waals surface area contributed by atoms with Gasteiger partial charge in [-0.3, -0.25) is 4.98 Å². The summed E-state index contributed by atoms with van der Waals surface area (Å²) in [5, 5.41) is 0. The molecule has 0 bridgehead atoms. The number of hydrogen-bond donors (Lipinski definition) is 2. The van der Waals surface area contributed by atoms with Gasteiger partial charge in [-0.15, -0.1) is 0 Å². The highest BCUT2D eigenvalue weighted by Gasteiger charge is 2.23. The molecule has 3 N–H and O–H groups in total. The predicted molar refractivity (Wildman–Crippen MR) is 73.0 cm³/mol. The Kier molecular flexibility index (Phi) is 4.51. The van der Waals surface area contributed by atoms with E-state index >= 15 is 0 Å². The fraction of sp³-hybridized carbons (Fsp3) is 0.583. The maximum Gasteiger partial charge on any atom is 0.242 e. The van der Waals surface area contributed by atoms with Crippen molar-refractivity contribution in [2.45, 2.75) is 30.3 Å². The Hall–Kier alpha value is -1.02. The molecule has 2 rings (SSSR count). The van der Waals surface area contributed by atoms with Crippen LogP contribution in [0.4, 0.5) is 0 Å². The van der Waals surface area contributed by atoms with Crippen LogP contribution in [-0.2, 0) is 16.6 Å². The summed E-state index contributed by atoms with van der Waals surface area (Å²) in [6, 6.07) is 3.20. The van der Waals surface area contributed by atoms with E-state index in [0.29, 0.717) is 12.2 Å². The number of nitrogens with zero attached hydrogens (tertiary/aromatic N) is 2. The van der Waals surface area contributed by atoms with Gasteiger partial charge in [0.25, 0.3) is 0 Å². The monoisotopic (exact) mass is 284 g/mol. The Morgan fingerprint density at radius 1 is 1.42 bits per heavy atom. The van der Waals surface area contributed by atoms with E-state index in [4.69, 9.17) is 5.73 Å². The van der Waals surface area contributed by atoms with Crippen molar-refractivity contribution >= 4 is 10.0 Å². The van der Waals surface area contributed by atoms with Crippen LogP contribution in [0.25, 0.3) is 0 Å². The molecule has 1 aromatic rings. The average molecular weight is 284 g/mol. The molecule has 106 valence electrons. The Morgan fingerprint density at radius 2 is 2.11 bits per heavy atom. The van der Waals surface area contributed by atoms with E-state index in [1.165, 1.54) is 6.20 Å². The van der Waals surface area contributed by atoms with Crippen molar-refractivity contribution in [3.8, 4) is 0 Å².